The second-order valence-corrected chi connectivity index (χ2v) is 9.36. The first-order valence-corrected chi connectivity index (χ1v) is 11.2. The molecule has 2 aliphatic rings. The number of benzene rings is 1. The minimum Gasteiger partial charge on any atom is -0.491 e. The lowest BCUT2D eigenvalue weighted by molar-refractivity contribution is 0.242. The van der Waals surface area contributed by atoms with Gasteiger partial charge in [0, 0.05) is 0 Å². The summed E-state index contributed by atoms with van der Waals surface area (Å²) in [6.45, 7) is 6.07. The molecule has 2 aromatic rings. The second-order valence-electron chi connectivity index (χ2n) is 8.06. The minimum absolute atomic E-state index is 0.00416. The van der Waals surface area contributed by atoms with Gasteiger partial charge in [-0.15, -0.1) is 0 Å². The molecule has 0 saturated heterocycles. The summed E-state index contributed by atoms with van der Waals surface area (Å²) in [7, 11) is 0. The van der Waals surface area contributed by atoms with Crippen molar-refractivity contribution in [3.05, 3.63) is 45.7 Å². The Balaban J connectivity index is 1.70. The number of hydrogen-bond acceptors (Lipinski definition) is 4. The SMILES string of the molecule is CC1=Nc2c(c(=O)[nH]n2C2CCCCCC2)[C@@H](c2ccc(OC(C)C)cc2)S1. The molecule has 1 N–H and O–H groups in total. The Morgan fingerprint density at radius 1 is 1.14 bits per heavy atom. The molecule has 0 bridgehead atoms. The van der Waals surface area contributed by atoms with Crippen LogP contribution in [0.5, 0.6) is 5.75 Å². The molecule has 150 valence electrons. The predicted molar refractivity (Wildman–Crippen MR) is 116 cm³/mol. The number of thioether (sulfide) groups is 1. The van der Waals surface area contributed by atoms with Crippen LogP contribution >= 0.6 is 11.8 Å². The zero-order chi connectivity index (χ0) is 19.7. The molecule has 1 aliphatic heterocycles. The third-order valence-corrected chi connectivity index (χ3v) is 6.67. The number of aliphatic imine (C=N–C) groups is 1. The Hall–Kier alpha value is -1.95. The van der Waals surface area contributed by atoms with Gasteiger partial charge >= 0.3 is 0 Å². The molecule has 6 heteroatoms. The summed E-state index contributed by atoms with van der Waals surface area (Å²) < 4.78 is 7.83. The van der Waals surface area contributed by atoms with Crippen molar-refractivity contribution in [1.29, 1.82) is 0 Å². The summed E-state index contributed by atoms with van der Waals surface area (Å²) in [5.41, 5.74) is 1.90. The Bertz CT molecular complexity index is 903. The van der Waals surface area contributed by atoms with Crippen molar-refractivity contribution in [1.82, 2.24) is 9.78 Å². The molecule has 4 rings (SSSR count). The van der Waals surface area contributed by atoms with Gasteiger partial charge in [-0.1, -0.05) is 49.6 Å². The number of rotatable bonds is 4. The third-order valence-electron chi connectivity index (χ3n) is 5.49. The van der Waals surface area contributed by atoms with Crippen LogP contribution in [0.3, 0.4) is 0 Å². The highest BCUT2D eigenvalue weighted by Gasteiger charge is 2.32. The fourth-order valence-corrected chi connectivity index (χ4v) is 5.32. The standard InChI is InChI=1S/C22H29N3O2S/c1-14(2)27-18-12-10-16(11-13-18)20-19-21(23-15(3)28-20)25(24-22(19)26)17-8-6-4-5-7-9-17/h10-14,17,20H,4-9H2,1-3H3,(H,24,26)/t20-/m1/s1. The molecular weight excluding hydrogens is 370 g/mol. The van der Waals surface area contributed by atoms with Crippen LogP contribution in [0, 0.1) is 0 Å². The van der Waals surface area contributed by atoms with Crippen molar-refractivity contribution in [3.8, 4) is 5.75 Å². The maximum Gasteiger partial charge on any atom is 0.271 e. The largest absolute Gasteiger partial charge is 0.491 e. The summed E-state index contributed by atoms with van der Waals surface area (Å²) in [6.07, 6.45) is 7.39. The molecule has 2 heterocycles. The molecule has 1 aliphatic carbocycles. The number of ether oxygens (including phenoxy) is 1. The maximum atomic E-state index is 12.9. The molecule has 1 fully saturated rings. The molecular formula is C22H29N3O2S. The molecule has 0 amide bonds. The monoisotopic (exact) mass is 399 g/mol. The Labute approximate surface area is 170 Å². The van der Waals surface area contributed by atoms with Crippen molar-refractivity contribution < 1.29 is 4.74 Å². The average molecular weight is 400 g/mol. The summed E-state index contributed by atoms with van der Waals surface area (Å²) in [5, 5.41) is 4.10. The minimum atomic E-state index is -0.0311. The van der Waals surface area contributed by atoms with E-state index in [-0.39, 0.29) is 16.9 Å². The van der Waals surface area contributed by atoms with Gasteiger partial charge in [0.2, 0.25) is 0 Å². The van der Waals surface area contributed by atoms with E-state index in [0.717, 1.165) is 40.6 Å². The van der Waals surface area contributed by atoms with Crippen molar-refractivity contribution in [2.75, 3.05) is 0 Å². The van der Waals surface area contributed by atoms with Crippen LogP contribution in [0.4, 0.5) is 5.82 Å². The van der Waals surface area contributed by atoms with Gasteiger partial charge < -0.3 is 4.74 Å². The third kappa shape index (κ3) is 3.93. The van der Waals surface area contributed by atoms with Crippen molar-refractivity contribution in [3.63, 3.8) is 0 Å². The Morgan fingerprint density at radius 2 is 1.82 bits per heavy atom. The van der Waals surface area contributed by atoms with Crippen LogP contribution in [-0.4, -0.2) is 20.9 Å². The molecule has 1 atom stereocenters. The van der Waals surface area contributed by atoms with Gasteiger partial charge in [0.05, 0.1) is 28.0 Å². The van der Waals surface area contributed by atoms with E-state index in [4.69, 9.17) is 9.73 Å². The van der Waals surface area contributed by atoms with Crippen molar-refractivity contribution >= 4 is 22.6 Å². The van der Waals surface area contributed by atoms with Crippen LogP contribution in [0.15, 0.2) is 34.1 Å². The van der Waals surface area contributed by atoms with E-state index in [1.807, 2.05) is 32.9 Å². The van der Waals surface area contributed by atoms with Gasteiger partial charge in [-0.3, -0.25) is 14.6 Å². The van der Waals surface area contributed by atoms with Crippen LogP contribution in [0.2, 0.25) is 0 Å². The molecule has 1 saturated carbocycles. The summed E-state index contributed by atoms with van der Waals surface area (Å²) in [5.74, 6) is 1.69. The predicted octanol–water partition coefficient (Wildman–Crippen LogP) is 5.75. The van der Waals surface area contributed by atoms with E-state index in [0.29, 0.717) is 6.04 Å². The quantitative estimate of drug-likeness (QED) is 0.666. The van der Waals surface area contributed by atoms with Crippen molar-refractivity contribution in [2.24, 2.45) is 4.99 Å². The summed E-state index contributed by atoms with van der Waals surface area (Å²) >= 11 is 1.66. The fraction of sp³-hybridized carbons (Fsp3) is 0.545. The van der Waals surface area contributed by atoms with Gasteiger partial charge in [-0.25, -0.2) is 4.99 Å². The Kier molecular flexibility index (Phi) is 5.67. The number of H-pyrrole nitrogens is 1. The van der Waals surface area contributed by atoms with E-state index in [1.54, 1.807) is 11.8 Å². The van der Waals surface area contributed by atoms with E-state index in [1.165, 1.54) is 25.7 Å². The highest BCUT2D eigenvalue weighted by atomic mass is 32.2. The number of fused-ring (bicyclic) bond motifs is 1. The molecule has 0 spiro atoms. The van der Waals surface area contributed by atoms with Gasteiger partial charge in [-0.2, -0.15) is 0 Å². The zero-order valence-electron chi connectivity index (χ0n) is 16.9. The summed E-state index contributed by atoms with van der Waals surface area (Å²) in [6, 6.07) is 8.47. The summed E-state index contributed by atoms with van der Waals surface area (Å²) in [4.78, 5) is 17.7. The lowest BCUT2D eigenvalue weighted by Gasteiger charge is -2.23. The highest BCUT2D eigenvalue weighted by molar-refractivity contribution is 8.14. The van der Waals surface area contributed by atoms with E-state index in [2.05, 4.69) is 21.9 Å². The first-order chi connectivity index (χ1) is 13.5. The fourth-order valence-electron chi connectivity index (χ4n) is 4.22. The lowest BCUT2D eigenvalue weighted by Crippen LogP contribution is -2.14. The molecule has 1 aromatic carbocycles. The Morgan fingerprint density at radius 3 is 2.46 bits per heavy atom. The number of aromatic nitrogens is 2. The number of hydrogen-bond donors (Lipinski definition) is 1. The first-order valence-electron chi connectivity index (χ1n) is 10.4. The van der Waals surface area contributed by atoms with Gasteiger partial charge in [0.1, 0.15) is 5.75 Å². The van der Waals surface area contributed by atoms with E-state index in [9.17, 15) is 4.79 Å². The van der Waals surface area contributed by atoms with Crippen LogP contribution in [0.25, 0.3) is 0 Å². The number of aromatic amines is 1. The molecule has 5 nitrogen and oxygen atoms in total. The topological polar surface area (TPSA) is 59.4 Å². The van der Waals surface area contributed by atoms with Crippen LogP contribution < -0.4 is 10.3 Å². The van der Waals surface area contributed by atoms with Gasteiger partial charge in [-0.05, 0) is 51.3 Å². The first kappa shape index (κ1) is 19.4. The van der Waals surface area contributed by atoms with E-state index >= 15 is 0 Å². The molecule has 28 heavy (non-hydrogen) atoms. The highest BCUT2D eigenvalue weighted by Crippen LogP contribution is 2.45. The van der Waals surface area contributed by atoms with Gasteiger partial charge in [0.15, 0.2) is 5.82 Å². The van der Waals surface area contributed by atoms with Crippen molar-refractivity contribution in [2.45, 2.75) is 76.7 Å². The maximum absolute atomic E-state index is 12.9. The lowest BCUT2D eigenvalue weighted by atomic mass is 10.1. The normalized spacial score (nSPS) is 20.6. The average Bonchev–Trinajstić information content (AvgIpc) is 2.84. The molecule has 0 unspecified atom stereocenters. The zero-order valence-corrected chi connectivity index (χ0v) is 17.7. The second kappa shape index (κ2) is 8.19. The number of nitrogens with one attached hydrogen (secondary N) is 1. The van der Waals surface area contributed by atoms with E-state index < -0.39 is 0 Å². The van der Waals surface area contributed by atoms with Crippen LogP contribution in [-0.2, 0) is 0 Å². The van der Waals surface area contributed by atoms with Gasteiger partial charge in [0.25, 0.3) is 5.56 Å². The smallest absolute Gasteiger partial charge is 0.271 e. The number of nitrogens with zero attached hydrogens (tertiary/aromatic N) is 2. The molecule has 1 aromatic heterocycles. The van der Waals surface area contributed by atoms with Crippen LogP contribution in [0.1, 0.15) is 81.7 Å². The molecule has 0 radical (unpaired) electrons.